The second kappa shape index (κ2) is 8.02. The van der Waals surface area contributed by atoms with E-state index in [2.05, 4.69) is 15.6 Å². The van der Waals surface area contributed by atoms with Gasteiger partial charge >= 0.3 is 6.03 Å². The maximum atomic E-state index is 14.3. The second-order valence-corrected chi connectivity index (χ2v) is 7.73. The molecule has 1 saturated carbocycles. The monoisotopic (exact) mass is 417 g/mol. The van der Waals surface area contributed by atoms with E-state index in [1.54, 1.807) is 12.1 Å². The topological polar surface area (TPSA) is 77.2 Å². The van der Waals surface area contributed by atoms with Gasteiger partial charge in [0.25, 0.3) is 0 Å². The number of hydrogen-bond acceptors (Lipinski definition) is 2. The Labute approximate surface area is 171 Å². The van der Waals surface area contributed by atoms with Gasteiger partial charge in [-0.05, 0) is 67.1 Å². The van der Waals surface area contributed by atoms with E-state index in [1.165, 1.54) is 18.2 Å². The predicted molar refractivity (Wildman–Crippen MR) is 108 cm³/mol. The van der Waals surface area contributed by atoms with Gasteiger partial charge in [0.2, 0.25) is 0 Å². The van der Waals surface area contributed by atoms with E-state index in [4.69, 9.17) is 0 Å². The number of rotatable bonds is 6. The normalized spacial score (nSPS) is 15.1. The van der Waals surface area contributed by atoms with E-state index in [0.29, 0.717) is 41.5 Å². The molecule has 4 rings (SSSR count). The van der Waals surface area contributed by atoms with Crippen LogP contribution in [-0.4, -0.2) is 34.8 Å². The lowest BCUT2D eigenvalue weighted by atomic mass is 9.80. The van der Waals surface area contributed by atoms with E-state index in [0.717, 1.165) is 12.5 Å². The van der Waals surface area contributed by atoms with Gasteiger partial charge in [-0.2, -0.15) is 0 Å². The van der Waals surface area contributed by atoms with Crippen molar-refractivity contribution in [3.8, 4) is 11.3 Å². The number of nitrogens with one attached hydrogen (secondary N) is 3. The minimum Gasteiger partial charge on any atom is -0.388 e. The number of carbonyl (C=O) groups excluding carboxylic acids is 1. The number of urea groups is 1. The molecule has 5 nitrogen and oxygen atoms in total. The summed E-state index contributed by atoms with van der Waals surface area (Å²) in [5.41, 5.74) is 1.12. The molecule has 4 N–H and O–H groups in total. The van der Waals surface area contributed by atoms with Crippen molar-refractivity contribution >= 4 is 16.9 Å². The molecule has 1 aromatic heterocycles. The summed E-state index contributed by atoms with van der Waals surface area (Å²) in [6.45, 7) is 0.396. The average Bonchev–Trinajstić information content (AvgIpc) is 3.04. The summed E-state index contributed by atoms with van der Waals surface area (Å²) < 4.78 is 41.4. The van der Waals surface area contributed by atoms with Crippen LogP contribution in [0.25, 0.3) is 22.2 Å². The first-order valence-corrected chi connectivity index (χ1v) is 9.84. The highest BCUT2D eigenvalue weighted by atomic mass is 19.1. The molecule has 1 heterocycles. The van der Waals surface area contributed by atoms with Gasteiger partial charge < -0.3 is 20.7 Å². The van der Waals surface area contributed by atoms with Crippen LogP contribution < -0.4 is 10.6 Å². The molecular formula is C22H22F3N3O2. The first kappa shape index (κ1) is 20.3. The number of halogens is 3. The fourth-order valence-corrected chi connectivity index (χ4v) is 3.77. The van der Waals surface area contributed by atoms with Crippen molar-refractivity contribution in [1.29, 1.82) is 0 Å². The van der Waals surface area contributed by atoms with Crippen LogP contribution >= 0.6 is 0 Å². The third-order valence-corrected chi connectivity index (χ3v) is 5.59. The summed E-state index contributed by atoms with van der Waals surface area (Å²) in [6, 6.07) is 7.30. The van der Waals surface area contributed by atoms with Gasteiger partial charge in [0.15, 0.2) is 0 Å². The summed E-state index contributed by atoms with van der Waals surface area (Å²) in [6.07, 6.45) is 2.58. The standard InChI is InChI=1S/C22H22F3N3O2/c23-14-4-2-13(3-5-14)19-16(17-10-15(24)11-18(25)20(17)28-19)6-9-26-21(29)27-12-22(30)7-1-8-22/h2-5,10-11,28,30H,1,6-9,12H2,(H2,26,27,29). The van der Waals surface area contributed by atoms with Crippen LogP contribution in [0.3, 0.4) is 0 Å². The van der Waals surface area contributed by atoms with Crippen LogP contribution in [0.15, 0.2) is 36.4 Å². The Hall–Kier alpha value is -3.00. The van der Waals surface area contributed by atoms with Crippen molar-refractivity contribution < 1.29 is 23.1 Å². The smallest absolute Gasteiger partial charge is 0.314 e. The maximum absolute atomic E-state index is 14.3. The molecule has 3 aromatic rings. The van der Waals surface area contributed by atoms with Crippen LogP contribution in [0.2, 0.25) is 0 Å². The van der Waals surface area contributed by atoms with Crippen molar-refractivity contribution in [2.45, 2.75) is 31.3 Å². The Morgan fingerprint density at radius 2 is 1.80 bits per heavy atom. The maximum Gasteiger partial charge on any atom is 0.314 e. The Morgan fingerprint density at radius 3 is 2.47 bits per heavy atom. The average molecular weight is 417 g/mol. The van der Waals surface area contributed by atoms with Crippen molar-refractivity contribution in [3.05, 3.63) is 59.4 Å². The van der Waals surface area contributed by atoms with Crippen LogP contribution in [0, 0.1) is 17.5 Å². The Kier molecular flexibility index (Phi) is 5.42. The van der Waals surface area contributed by atoms with Gasteiger partial charge in [-0.15, -0.1) is 0 Å². The number of aromatic amines is 1. The van der Waals surface area contributed by atoms with Gasteiger partial charge in [-0.25, -0.2) is 18.0 Å². The Bertz CT molecular complexity index is 1080. The highest BCUT2D eigenvalue weighted by Gasteiger charge is 2.34. The molecule has 0 spiro atoms. The molecule has 1 aliphatic rings. The third kappa shape index (κ3) is 4.14. The van der Waals surface area contributed by atoms with Crippen LogP contribution in [0.1, 0.15) is 24.8 Å². The first-order valence-electron chi connectivity index (χ1n) is 9.84. The predicted octanol–water partition coefficient (Wildman–Crippen LogP) is 4.01. The first-order chi connectivity index (χ1) is 14.3. The molecule has 8 heteroatoms. The molecular weight excluding hydrogens is 395 g/mol. The molecule has 0 radical (unpaired) electrons. The highest BCUT2D eigenvalue weighted by Crippen LogP contribution is 2.33. The fourth-order valence-electron chi connectivity index (χ4n) is 3.77. The molecule has 0 bridgehead atoms. The SMILES string of the molecule is O=C(NCCc1c(-c2ccc(F)cc2)[nH]c2c(F)cc(F)cc12)NCC1(O)CCC1. The molecule has 2 aromatic carbocycles. The lowest BCUT2D eigenvalue weighted by Gasteiger charge is -2.36. The molecule has 30 heavy (non-hydrogen) atoms. The second-order valence-electron chi connectivity index (χ2n) is 7.73. The number of benzene rings is 2. The number of H-pyrrole nitrogens is 1. The Morgan fingerprint density at radius 1 is 1.07 bits per heavy atom. The van der Waals surface area contributed by atoms with Gasteiger partial charge in [0.1, 0.15) is 17.5 Å². The van der Waals surface area contributed by atoms with E-state index in [1.807, 2.05) is 0 Å². The van der Waals surface area contributed by atoms with Crippen molar-refractivity contribution in [2.75, 3.05) is 13.1 Å². The van der Waals surface area contributed by atoms with Gasteiger partial charge in [0.05, 0.1) is 11.1 Å². The lowest BCUT2D eigenvalue weighted by molar-refractivity contribution is -0.0290. The van der Waals surface area contributed by atoms with Crippen LogP contribution in [0.4, 0.5) is 18.0 Å². The number of fused-ring (bicyclic) bond motifs is 1. The number of hydrogen-bond donors (Lipinski definition) is 4. The van der Waals surface area contributed by atoms with E-state index < -0.39 is 29.1 Å². The third-order valence-electron chi connectivity index (χ3n) is 5.59. The van der Waals surface area contributed by atoms with Crippen molar-refractivity contribution in [3.63, 3.8) is 0 Å². The number of aromatic nitrogens is 1. The molecule has 2 amide bonds. The summed E-state index contributed by atoms with van der Waals surface area (Å²) in [5.74, 6) is -1.83. The molecule has 0 saturated heterocycles. The lowest BCUT2D eigenvalue weighted by Crippen LogP contribution is -2.50. The zero-order valence-corrected chi connectivity index (χ0v) is 16.2. The summed E-state index contributed by atoms with van der Waals surface area (Å²) >= 11 is 0. The van der Waals surface area contributed by atoms with Crippen LogP contribution in [-0.2, 0) is 6.42 Å². The zero-order chi connectivity index (χ0) is 21.3. The van der Waals surface area contributed by atoms with Crippen LogP contribution in [0.5, 0.6) is 0 Å². The molecule has 158 valence electrons. The summed E-state index contributed by atoms with van der Waals surface area (Å²) in [7, 11) is 0. The van der Waals surface area contributed by atoms with E-state index in [-0.39, 0.29) is 18.6 Å². The highest BCUT2D eigenvalue weighted by molar-refractivity contribution is 5.91. The number of aliphatic hydroxyl groups is 1. The quantitative estimate of drug-likeness (QED) is 0.489. The molecule has 1 aliphatic carbocycles. The van der Waals surface area contributed by atoms with Gasteiger partial charge in [-0.1, -0.05) is 0 Å². The largest absolute Gasteiger partial charge is 0.388 e. The molecule has 0 unspecified atom stereocenters. The summed E-state index contributed by atoms with van der Waals surface area (Å²) in [4.78, 5) is 15.0. The molecule has 0 aliphatic heterocycles. The number of amides is 2. The van der Waals surface area contributed by atoms with E-state index >= 15 is 0 Å². The van der Waals surface area contributed by atoms with Crippen molar-refractivity contribution in [1.82, 2.24) is 15.6 Å². The summed E-state index contributed by atoms with van der Waals surface area (Å²) in [5, 5.41) is 15.8. The van der Waals surface area contributed by atoms with Gasteiger partial charge in [-0.3, -0.25) is 0 Å². The van der Waals surface area contributed by atoms with Gasteiger partial charge in [0, 0.05) is 30.2 Å². The minimum atomic E-state index is -0.820. The zero-order valence-electron chi connectivity index (χ0n) is 16.2. The molecule has 0 atom stereocenters. The number of carbonyl (C=O) groups is 1. The minimum absolute atomic E-state index is 0.155. The van der Waals surface area contributed by atoms with Crippen molar-refractivity contribution in [2.24, 2.45) is 0 Å². The molecule has 1 fully saturated rings. The Balaban J connectivity index is 1.53. The van der Waals surface area contributed by atoms with E-state index in [9.17, 15) is 23.1 Å². The fraction of sp³-hybridized carbons (Fsp3) is 0.318.